The molecule has 114 valence electrons. The van der Waals surface area contributed by atoms with Crippen molar-refractivity contribution in [3.63, 3.8) is 0 Å². The number of carbonyl (C=O) groups is 2. The zero-order valence-electron chi connectivity index (χ0n) is 12.4. The van der Waals surface area contributed by atoms with Crippen LogP contribution in [-0.2, 0) is 4.79 Å². The van der Waals surface area contributed by atoms with Gasteiger partial charge < -0.3 is 20.2 Å². The van der Waals surface area contributed by atoms with Crippen LogP contribution in [0.3, 0.4) is 0 Å². The molecule has 2 aliphatic rings. The number of nitrogens with one attached hydrogen (secondary N) is 1. The Morgan fingerprint density at radius 1 is 1.25 bits per heavy atom. The number of hydrogen-bond donors (Lipinski definition) is 2. The van der Waals surface area contributed by atoms with E-state index >= 15 is 0 Å². The van der Waals surface area contributed by atoms with E-state index in [1.165, 1.54) is 17.7 Å². The Kier molecular flexibility index (Phi) is 4.52. The van der Waals surface area contributed by atoms with Gasteiger partial charge in [-0.3, -0.25) is 0 Å². The number of rotatable bonds is 4. The number of nitrogens with zero attached hydrogens (tertiary/aromatic N) is 2. The predicted octanol–water partition coefficient (Wildman–Crippen LogP) is 1.12. The molecule has 2 amide bonds. The SMILES string of the molecule is CC(CN1CCCC1)NC(=O)N1CCCC1(C)C(=O)O. The maximum Gasteiger partial charge on any atom is 0.329 e. The van der Waals surface area contributed by atoms with Crippen LogP contribution in [-0.4, -0.2) is 64.7 Å². The smallest absolute Gasteiger partial charge is 0.329 e. The van der Waals surface area contributed by atoms with Crippen LogP contribution < -0.4 is 5.32 Å². The van der Waals surface area contributed by atoms with E-state index in [1.54, 1.807) is 6.92 Å². The highest BCUT2D eigenvalue weighted by Crippen LogP contribution is 2.29. The summed E-state index contributed by atoms with van der Waals surface area (Å²) in [5, 5.41) is 12.3. The monoisotopic (exact) mass is 283 g/mol. The van der Waals surface area contributed by atoms with Crippen molar-refractivity contribution in [3.8, 4) is 0 Å². The van der Waals surface area contributed by atoms with Gasteiger partial charge in [0, 0.05) is 19.1 Å². The minimum absolute atomic E-state index is 0.0410. The summed E-state index contributed by atoms with van der Waals surface area (Å²) in [6.45, 7) is 7.15. The minimum Gasteiger partial charge on any atom is -0.480 e. The second-order valence-corrected chi connectivity index (χ2v) is 6.19. The normalized spacial score (nSPS) is 28.6. The van der Waals surface area contributed by atoms with E-state index in [9.17, 15) is 14.7 Å². The Morgan fingerprint density at radius 2 is 1.90 bits per heavy atom. The molecule has 20 heavy (non-hydrogen) atoms. The van der Waals surface area contributed by atoms with Crippen LogP contribution >= 0.6 is 0 Å². The molecular formula is C14H25N3O3. The Bertz CT molecular complexity index is 382. The maximum atomic E-state index is 12.3. The van der Waals surface area contributed by atoms with Gasteiger partial charge in [-0.25, -0.2) is 9.59 Å². The lowest BCUT2D eigenvalue weighted by Crippen LogP contribution is -2.56. The third kappa shape index (κ3) is 3.06. The second kappa shape index (κ2) is 5.99. The van der Waals surface area contributed by atoms with E-state index < -0.39 is 11.5 Å². The average Bonchev–Trinajstić information content (AvgIpc) is 2.98. The van der Waals surface area contributed by atoms with Crippen LogP contribution in [0, 0.1) is 0 Å². The molecule has 2 fully saturated rings. The summed E-state index contributed by atoms with van der Waals surface area (Å²) in [4.78, 5) is 27.5. The van der Waals surface area contributed by atoms with Gasteiger partial charge in [-0.2, -0.15) is 0 Å². The highest BCUT2D eigenvalue weighted by Gasteiger charge is 2.46. The van der Waals surface area contributed by atoms with Crippen molar-refractivity contribution in [2.24, 2.45) is 0 Å². The van der Waals surface area contributed by atoms with Gasteiger partial charge in [0.25, 0.3) is 0 Å². The summed E-state index contributed by atoms with van der Waals surface area (Å²) in [5.41, 5.74) is -1.06. The summed E-state index contributed by atoms with van der Waals surface area (Å²) in [6.07, 6.45) is 3.72. The van der Waals surface area contributed by atoms with Crippen molar-refractivity contribution in [3.05, 3.63) is 0 Å². The van der Waals surface area contributed by atoms with Gasteiger partial charge in [0.1, 0.15) is 5.54 Å². The van der Waals surface area contributed by atoms with Crippen LogP contribution in [0.15, 0.2) is 0 Å². The van der Waals surface area contributed by atoms with Crippen molar-refractivity contribution < 1.29 is 14.7 Å². The highest BCUT2D eigenvalue weighted by molar-refractivity contribution is 5.86. The molecule has 0 spiro atoms. The predicted molar refractivity (Wildman–Crippen MR) is 75.6 cm³/mol. The lowest BCUT2D eigenvalue weighted by Gasteiger charge is -2.32. The second-order valence-electron chi connectivity index (χ2n) is 6.19. The molecule has 2 saturated heterocycles. The molecule has 6 heteroatoms. The lowest BCUT2D eigenvalue weighted by atomic mass is 10.00. The van der Waals surface area contributed by atoms with Gasteiger partial charge in [0.15, 0.2) is 0 Å². The molecule has 6 nitrogen and oxygen atoms in total. The van der Waals surface area contributed by atoms with E-state index in [1.807, 2.05) is 6.92 Å². The van der Waals surface area contributed by atoms with Crippen LogP contribution in [0.5, 0.6) is 0 Å². The van der Waals surface area contributed by atoms with Crippen LogP contribution in [0.4, 0.5) is 4.79 Å². The molecule has 0 aliphatic carbocycles. The number of carboxylic acid groups (broad SMARTS) is 1. The van der Waals surface area contributed by atoms with Crippen molar-refractivity contribution >= 4 is 12.0 Å². The number of aliphatic carboxylic acids is 1. The first-order chi connectivity index (χ1) is 9.43. The Morgan fingerprint density at radius 3 is 2.50 bits per heavy atom. The van der Waals surface area contributed by atoms with Gasteiger partial charge in [-0.15, -0.1) is 0 Å². The van der Waals surface area contributed by atoms with Gasteiger partial charge >= 0.3 is 12.0 Å². The number of hydrogen-bond acceptors (Lipinski definition) is 3. The van der Waals surface area contributed by atoms with Crippen LogP contribution in [0.1, 0.15) is 39.5 Å². The zero-order valence-corrected chi connectivity index (χ0v) is 12.4. The number of carbonyl (C=O) groups excluding carboxylic acids is 1. The van der Waals surface area contributed by atoms with Gasteiger partial charge in [-0.05, 0) is 52.6 Å². The van der Waals surface area contributed by atoms with Crippen molar-refractivity contribution in [1.29, 1.82) is 0 Å². The molecule has 2 aliphatic heterocycles. The number of urea groups is 1. The summed E-state index contributed by atoms with van der Waals surface area (Å²) >= 11 is 0. The van der Waals surface area contributed by atoms with E-state index in [4.69, 9.17) is 0 Å². The molecule has 2 unspecified atom stereocenters. The largest absolute Gasteiger partial charge is 0.480 e. The molecule has 0 aromatic heterocycles. The lowest BCUT2D eigenvalue weighted by molar-refractivity contribution is -0.147. The third-order valence-electron chi connectivity index (χ3n) is 4.45. The van der Waals surface area contributed by atoms with Crippen LogP contribution in [0.25, 0.3) is 0 Å². The maximum absolute atomic E-state index is 12.3. The van der Waals surface area contributed by atoms with Gasteiger partial charge in [0.05, 0.1) is 0 Å². The van der Waals surface area contributed by atoms with Crippen molar-refractivity contribution in [2.45, 2.75) is 51.1 Å². The van der Waals surface area contributed by atoms with Crippen molar-refractivity contribution in [2.75, 3.05) is 26.2 Å². The van der Waals surface area contributed by atoms with Crippen LogP contribution in [0.2, 0.25) is 0 Å². The number of carboxylic acids is 1. The van der Waals surface area contributed by atoms with E-state index in [0.29, 0.717) is 13.0 Å². The van der Waals surface area contributed by atoms with E-state index in [-0.39, 0.29) is 12.1 Å². The Balaban J connectivity index is 1.88. The molecule has 0 radical (unpaired) electrons. The fourth-order valence-electron chi connectivity index (χ4n) is 3.20. The average molecular weight is 283 g/mol. The summed E-state index contributed by atoms with van der Waals surface area (Å²) < 4.78 is 0. The molecule has 0 aromatic carbocycles. The highest BCUT2D eigenvalue weighted by atomic mass is 16.4. The topological polar surface area (TPSA) is 72.9 Å². The first kappa shape index (κ1) is 15.1. The summed E-state index contributed by atoms with van der Waals surface area (Å²) in [7, 11) is 0. The molecule has 0 saturated carbocycles. The molecule has 2 N–H and O–H groups in total. The molecule has 2 heterocycles. The number of likely N-dealkylation sites (tertiary alicyclic amines) is 2. The molecule has 2 rings (SSSR count). The first-order valence-corrected chi connectivity index (χ1v) is 7.47. The zero-order chi connectivity index (χ0) is 14.8. The van der Waals surface area contributed by atoms with E-state index in [0.717, 1.165) is 26.1 Å². The minimum atomic E-state index is -1.06. The molecular weight excluding hydrogens is 258 g/mol. The van der Waals surface area contributed by atoms with Crippen molar-refractivity contribution in [1.82, 2.24) is 15.1 Å². The Labute approximate surface area is 120 Å². The quantitative estimate of drug-likeness (QED) is 0.811. The fourth-order valence-corrected chi connectivity index (χ4v) is 3.20. The fraction of sp³-hybridized carbons (Fsp3) is 0.857. The molecule has 0 bridgehead atoms. The summed E-state index contributed by atoms with van der Waals surface area (Å²) in [6, 6.07) is -0.210. The van der Waals surface area contributed by atoms with E-state index in [2.05, 4.69) is 10.2 Å². The standard InChI is InChI=1S/C14H25N3O3/c1-11(10-16-7-3-4-8-16)15-13(20)17-9-5-6-14(17,2)12(18)19/h11H,3-10H2,1-2H3,(H,15,20)(H,18,19). The first-order valence-electron chi connectivity index (χ1n) is 7.47. The molecule has 0 aromatic rings. The van der Waals surface area contributed by atoms with Gasteiger partial charge in [0.2, 0.25) is 0 Å². The Hall–Kier alpha value is -1.30. The third-order valence-corrected chi connectivity index (χ3v) is 4.45. The summed E-state index contributed by atoms with van der Waals surface area (Å²) in [5.74, 6) is -0.919. The number of amides is 2. The molecule has 2 atom stereocenters. The van der Waals surface area contributed by atoms with Gasteiger partial charge in [-0.1, -0.05) is 0 Å².